The van der Waals surface area contributed by atoms with Crippen LogP contribution in [-0.4, -0.2) is 43.2 Å². The van der Waals surface area contributed by atoms with E-state index in [9.17, 15) is 4.79 Å². The first-order valence-electron chi connectivity index (χ1n) is 7.12. The molecule has 0 radical (unpaired) electrons. The number of hydrogen-bond acceptors (Lipinski definition) is 3. The van der Waals surface area contributed by atoms with Crippen molar-refractivity contribution >= 4 is 29.1 Å². The maximum absolute atomic E-state index is 12.4. The van der Waals surface area contributed by atoms with Gasteiger partial charge in [0.1, 0.15) is 12.2 Å². The van der Waals surface area contributed by atoms with Gasteiger partial charge in [-0.25, -0.2) is 0 Å². The number of rotatable bonds is 2. The van der Waals surface area contributed by atoms with Crippen LogP contribution in [0.5, 0.6) is 0 Å². The van der Waals surface area contributed by atoms with E-state index in [-0.39, 0.29) is 18.1 Å². The minimum atomic E-state index is -0.280. The van der Waals surface area contributed by atoms with Gasteiger partial charge in [0, 0.05) is 13.2 Å². The summed E-state index contributed by atoms with van der Waals surface area (Å²) in [5.74, 6) is 0.0702. The van der Waals surface area contributed by atoms with Crippen LogP contribution in [0, 0.1) is 0 Å². The predicted octanol–water partition coefficient (Wildman–Crippen LogP) is 3.07. The van der Waals surface area contributed by atoms with Gasteiger partial charge < -0.3 is 14.4 Å². The van der Waals surface area contributed by atoms with Crippen molar-refractivity contribution in [3.05, 3.63) is 33.8 Å². The number of hydrogen-bond donors (Lipinski definition) is 0. The van der Waals surface area contributed by atoms with E-state index < -0.39 is 0 Å². The Labute approximate surface area is 133 Å². The highest BCUT2D eigenvalue weighted by Gasteiger charge is 2.32. The largest absolute Gasteiger partial charge is 0.370 e. The molecule has 3 rings (SSSR count). The van der Waals surface area contributed by atoms with Crippen molar-refractivity contribution in [1.82, 2.24) is 4.90 Å². The molecular weight excluding hydrogens is 313 g/mol. The van der Waals surface area contributed by atoms with Gasteiger partial charge in [-0.1, -0.05) is 29.3 Å². The van der Waals surface area contributed by atoms with E-state index in [2.05, 4.69) is 0 Å². The Morgan fingerprint density at radius 2 is 2.05 bits per heavy atom. The summed E-state index contributed by atoms with van der Waals surface area (Å²) >= 11 is 12.0. The van der Waals surface area contributed by atoms with Gasteiger partial charge in [-0.05, 0) is 30.5 Å². The number of morpholine rings is 1. The maximum Gasteiger partial charge on any atom is 0.251 e. The molecule has 0 saturated carbocycles. The molecule has 2 saturated heterocycles. The van der Waals surface area contributed by atoms with Crippen molar-refractivity contribution in [2.24, 2.45) is 0 Å². The lowest BCUT2D eigenvalue weighted by molar-refractivity contribution is -0.148. The quantitative estimate of drug-likeness (QED) is 0.837. The van der Waals surface area contributed by atoms with Crippen LogP contribution in [0.2, 0.25) is 10.0 Å². The average molecular weight is 330 g/mol. The smallest absolute Gasteiger partial charge is 0.251 e. The first kappa shape index (κ1) is 15.1. The minimum Gasteiger partial charge on any atom is -0.370 e. The summed E-state index contributed by atoms with van der Waals surface area (Å²) in [5, 5.41) is 1.02. The van der Waals surface area contributed by atoms with E-state index in [4.69, 9.17) is 32.7 Å². The lowest BCUT2D eigenvalue weighted by Crippen LogP contribution is -2.46. The molecule has 2 unspecified atom stereocenters. The van der Waals surface area contributed by atoms with Gasteiger partial charge in [-0.3, -0.25) is 4.79 Å². The summed E-state index contributed by atoms with van der Waals surface area (Å²) in [6, 6.07) is 5.44. The predicted molar refractivity (Wildman–Crippen MR) is 80.7 cm³/mol. The van der Waals surface area contributed by atoms with Crippen molar-refractivity contribution in [3.8, 4) is 0 Å². The maximum atomic E-state index is 12.4. The molecular formula is C15H17Cl2NO3. The van der Waals surface area contributed by atoms with E-state index in [1.165, 1.54) is 0 Å². The molecule has 0 bridgehead atoms. The molecule has 2 fully saturated rings. The van der Waals surface area contributed by atoms with Crippen LogP contribution in [0.1, 0.15) is 24.5 Å². The zero-order chi connectivity index (χ0) is 14.8. The van der Waals surface area contributed by atoms with E-state index in [0.717, 1.165) is 18.4 Å². The fraction of sp³-hybridized carbons (Fsp3) is 0.533. The van der Waals surface area contributed by atoms with Gasteiger partial charge in [-0.15, -0.1) is 0 Å². The SMILES string of the molecule is O=C(C1CCCO1)N1CCOC(c2ccc(Cl)c(Cl)c2)C1. The standard InChI is InChI=1S/C15H17Cl2NO3/c16-11-4-3-10(8-12(11)17)14-9-18(5-7-21-14)15(19)13-2-1-6-20-13/h3-4,8,13-14H,1-2,5-7,9H2. The Morgan fingerprint density at radius 1 is 1.19 bits per heavy atom. The van der Waals surface area contributed by atoms with Gasteiger partial charge >= 0.3 is 0 Å². The summed E-state index contributed by atoms with van der Waals surface area (Å²) < 4.78 is 11.2. The molecule has 2 atom stereocenters. The average Bonchev–Trinajstić information content (AvgIpc) is 3.04. The fourth-order valence-corrected chi connectivity index (χ4v) is 3.05. The van der Waals surface area contributed by atoms with E-state index >= 15 is 0 Å². The summed E-state index contributed by atoms with van der Waals surface area (Å²) in [6.45, 7) is 2.33. The second kappa shape index (κ2) is 6.53. The molecule has 2 aliphatic rings. The highest BCUT2D eigenvalue weighted by atomic mass is 35.5. The molecule has 1 aromatic rings. The third kappa shape index (κ3) is 3.34. The fourth-order valence-electron chi connectivity index (χ4n) is 2.74. The number of nitrogens with zero attached hydrogens (tertiary/aromatic N) is 1. The third-order valence-electron chi connectivity index (χ3n) is 3.90. The van der Waals surface area contributed by atoms with Crippen molar-refractivity contribution in [2.75, 3.05) is 26.3 Å². The summed E-state index contributed by atoms with van der Waals surface area (Å²) in [7, 11) is 0. The van der Waals surface area contributed by atoms with Gasteiger partial charge in [-0.2, -0.15) is 0 Å². The zero-order valence-corrected chi connectivity index (χ0v) is 13.1. The van der Waals surface area contributed by atoms with Crippen LogP contribution in [0.4, 0.5) is 0 Å². The molecule has 1 aromatic carbocycles. The van der Waals surface area contributed by atoms with Gasteiger partial charge in [0.15, 0.2) is 0 Å². The molecule has 6 heteroatoms. The first-order valence-corrected chi connectivity index (χ1v) is 7.87. The Balaban J connectivity index is 1.70. The number of halogens is 2. The highest BCUT2D eigenvalue weighted by molar-refractivity contribution is 6.42. The van der Waals surface area contributed by atoms with Crippen LogP contribution in [0.15, 0.2) is 18.2 Å². The van der Waals surface area contributed by atoms with Crippen LogP contribution in [0.3, 0.4) is 0 Å². The topological polar surface area (TPSA) is 38.8 Å². The molecule has 4 nitrogen and oxygen atoms in total. The number of benzene rings is 1. The number of amides is 1. The van der Waals surface area contributed by atoms with E-state index in [1.807, 2.05) is 11.0 Å². The molecule has 0 aromatic heterocycles. The van der Waals surface area contributed by atoms with Crippen LogP contribution in [-0.2, 0) is 14.3 Å². The molecule has 2 heterocycles. The normalized spacial score (nSPS) is 26.1. The van der Waals surface area contributed by atoms with E-state index in [1.54, 1.807) is 12.1 Å². The Morgan fingerprint density at radius 3 is 2.76 bits per heavy atom. The zero-order valence-electron chi connectivity index (χ0n) is 11.6. The van der Waals surface area contributed by atoms with Crippen molar-refractivity contribution in [3.63, 3.8) is 0 Å². The highest BCUT2D eigenvalue weighted by Crippen LogP contribution is 2.29. The van der Waals surface area contributed by atoms with Crippen molar-refractivity contribution in [2.45, 2.75) is 25.0 Å². The van der Waals surface area contributed by atoms with Crippen LogP contribution >= 0.6 is 23.2 Å². The monoisotopic (exact) mass is 329 g/mol. The summed E-state index contributed by atoms with van der Waals surface area (Å²) in [5.41, 5.74) is 0.939. The number of carbonyl (C=O) groups excluding carboxylic acids is 1. The van der Waals surface area contributed by atoms with Crippen molar-refractivity contribution < 1.29 is 14.3 Å². The Bertz CT molecular complexity index is 532. The Kier molecular flexibility index (Phi) is 4.69. The molecule has 21 heavy (non-hydrogen) atoms. The Hall–Kier alpha value is -0.810. The molecule has 2 aliphatic heterocycles. The number of carbonyl (C=O) groups is 1. The van der Waals surface area contributed by atoms with Crippen molar-refractivity contribution in [1.29, 1.82) is 0 Å². The molecule has 0 N–H and O–H groups in total. The lowest BCUT2D eigenvalue weighted by Gasteiger charge is -2.34. The van der Waals surface area contributed by atoms with Gasteiger partial charge in [0.25, 0.3) is 5.91 Å². The van der Waals surface area contributed by atoms with Crippen LogP contribution in [0.25, 0.3) is 0 Å². The third-order valence-corrected chi connectivity index (χ3v) is 4.64. The van der Waals surface area contributed by atoms with Gasteiger partial charge in [0.2, 0.25) is 0 Å². The van der Waals surface area contributed by atoms with Crippen LogP contribution < -0.4 is 0 Å². The second-order valence-electron chi connectivity index (χ2n) is 5.32. The molecule has 0 spiro atoms. The minimum absolute atomic E-state index is 0.0702. The number of ether oxygens (including phenoxy) is 2. The molecule has 1 amide bonds. The summed E-state index contributed by atoms with van der Waals surface area (Å²) in [4.78, 5) is 14.2. The molecule has 0 aliphatic carbocycles. The first-order chi connectivity index (χ1) is 10.1. The summed E-state index contributed by atoms with van der Waals surface area (Å²) in [6.07, 6.45) is 1.32. The lowest BCUT2D eigenvalue weighted by atomic mass is 10.1. The molecule has 114 valence electrons. The van der Waals surface area contributed by atoms with Gasteiger partial charge in [0.05, 0.1) is 23.2 Å². The second-order valence-corrected chi connectivity index (χ2v) is 6.13. The van der Waals surface area contributed by atoms with E-state index in [0.29, 0.717) is 36.3 Å².